The second-order valence-corrected chi connectivity index (χ2v) is 5.01. The second kappa shape index (κ2) is 5.46. The molecular formula is C15H17N3O2. The van der Waals surface area contributed by atoms with Gasteiger partial charge >= 0.3 is 0 Å². The molecule has 5 nitrogen and oxygen atoms in total. The molecular weight excluding hydrogens is 254 g/mol. The number of hydrogen-bond acceptors (Lipinski definition) is 3. The van der Waals surface area contributed by atoms with Crippen molar-refractivity contribution in [2.45, 2.75) is 6.42 Å². The van der Waals surface area contributed by atoms with Gasteiger partial charge in [-0.15, -0.1) is 0 Å². The van der Waals surface area contributed by atoms with Gasteiger partial charge in [-0.05, 0) is 12.5 Å². The minimum atomic E-state index is -0.183. The lowest BCUT2D eigenvalue weighted by Gasteiger charge is -2.00. The number of hydrogen-bond donors (Lipinski definition) is 1. The van der Waals surface area contributed by atoms with Crippen LogP contribution in [-0.4, -0.2) is 29.9 Å². The van der Waals surface area contributed by atoms with Crippen LogP contribution in [0.25, 0.3) is 10.9 Å². The number of carbonyl (C=O) groups excluding carboxylic acids is 1. The van der Waals surface area contributed by atoms with E-state index in [1.807, 2.05) is 42.1 Å². The molecule has 1 atom stereocenters. The van der Waals surface area contributed by atoms with Crippen molar-refractivity contribution in [2.75, 3.05) is 13.2 Å². The number of rotatable bonds is 3. The first-order chi connectivity index (χ1) is 9.75. The Morgan fingerprint density at radius 1 is 1.50 bits per heavy atom. The molecule has 0 aliphatic carbocycles. The van der Waals surface area contributed by atoms with E-state index in [1.165, 1.54) is 0 Å². The number of aromatic nitrogens is 1. The van der Waals surface area contributed by atoms with Crippen molar-refractivity contribution < 1.29 is 9.53 Å². The first-order valence-electron chi connectivity index (χ1n) is 6.71. The molecule has 1 saturated heterocycles. The molecule has 3 rings (SSSR count). The van der Waals surface area contributed by atoms with Crippen molar-refractivity contribution >= 4 is 23.0 Å². The van der Waals surface area contributed by atoms with Crippen molar-refractivity contribution in [3.63, 3.8) is 0 Å². The standard InChI is InChI=1S/C15H17N3O2/c1-18-9-13(12-4-2-3-5-14(12)18)15(19)17-16-8-11-6-7-20-10-11/h2-5,8-9,11H,6-7,10H2,1H3,(H,17,19)/b16-8+. The highest BCUT2D eigenvalue weighted by Crippen LogP contribution is 2.20. The minimum Gasteiger partial charge on any atom is -0.381 e. The summed E-state index contributed by atoms with van der Waals surface area (Å²) in [6.45, 7) is 1.46. The van der Waals surface area contributed by atoms with Crippen LogP contribution >= 0.6 is 0 Å². The van der Waals surface area contributed by atoms with Crippen LogP contribution in [0.1, 0.15) is 16.8 Å². The number of hydrazone groups is 1. The summed E-state index contributed by atoms with van der Waals surface area (Å²) >= 11 is 0. The maximum atomic E-state index is 12.2. The number of fused-ring (bicyclic) bond motifs is 1. The predicted molar refractivity (Wildman–Crippen MR) is 77.8 cm³/mol. The number of para-hydroxylation sites is 1. The molecule has 1 N–H and O–H groups in total. The molecule has 0 spiro atoms. The van der Waals surface area contributed by atoms with E-state index in [0.29, 0.717) is 18.1 Å². The van der Waals surface area contributed by atoms with Gasteiger partial charge in [0.05, 0.1) is 12.2 Å². The third-order valence-electron chi connectivity index (χ3n) is 3.56. The maximum Gasteiger partial charge on any atom is 0.273 e. The maximum absolute atomic E-state index is 12.2. The molecule has 1 aliphatic rings. The number of amides is 1. The topological polar surface area (TPSA) is 55.6 Å². The molecule has 0 bridgehead atoms. The summed E-state index contributed by atoms with van der Waals surface area (Å²) in [6.07, 6.45) is 4.55. The van der Waals surface area contributed by atoms with E-state index >= 15 is 0 Å². The molecule has 2 aromatic rings. The lowest BCUT2D eigenvalue weighted by Crippen LogP contribution is -2.18. The fourth-order valence-electron chi connectivity index (χ4n) is 2.45. The molecule has 1 aliphatic heterocycles. The quantitative estimate of drug-likeness (QED) is 0.685. The number of benzene rings is 1. The van der Waals surface area contributed by atoms with E-state index in [4.69, 9.17) is 4.74 Å². The summed E-state index contributed by atoms with van der Waals surface area (Å²) in [5.41, 5.74) is 4.27. The largest absolute Gasteiger partial charge is 0.381 e. The molecule has 1 aromatic heterocycles. The molecule has 20 heavy (non-hydrogen) atoms. The van der Waals surface area contributed by atoms with Crippen LogP contribution in [0.15, 0.2) is 35.6 Å². The molecule has 1 fully saturated rings. The Labute approximate surface area is 117 Å². The van der Waals surface area contributed by atoms with Crippen molar-refractivity contribution in [2.24, 2.45) is 18.1 Å². The van der Waals surface area contributed by atoms with Gasteiger partial charge in [0.1, 0.15) is 0 Å². The van der Waals surface area contributed by atoms with Crippen molar-refractivity contribution in [3.8, 4) is 0 Å². The van der Waals surface area contributed by atoms with E-state index in [0.717, 1.165) is 23.9 Å². The van der Waals surface area contributed by atoms with Gasteiger partial charge in [0.25, 0.3) is 5.91 Å². The summed E-state index contributed by atoms with van der Waals surface area (Å²) < 4.78 is 7.20. The smallest absolute Gasteiger partial charge is 0.273 e. The molecule has 0 radical (unpaired) electrons. The Bertz CT molecular complexity index is 654. The fraction of sp³-hybridized carbons (Fsp3) is 0.333. The zero-order valence-electron chi connectivity index (χ0n) is 11.4. The highest BCUT2D eigenvalue weighted by molar-refractivity contribution is 6.07. The predicted octanol–water partition coefficient (Wildman–Crippen LogP) is 1.93. The van der Waals surface area contributed by atoms with E-state index in [-0.39, 0.29) is 5.91 Å². The average molecular weight is 271 g/mol. The number of aryl methyl sites for hydroxylation is 1. The molecule has 5 heteroatoms. The Hall–Kier alpha value is -2.14. The van der Waals surface area contributed by atoms with E-state index in [2.05, 4.69) is 10.5 Å². The van der Waals surface area contributed by atoms with Crippen LogP contribution < -0.4 is 5.43 Å². The van der Waals surface area contributed by atoms with Crippen molar-refractivity contribution in [1.82, 2.24) is 9.99 Å². The molecule has 2 heterocycles. The van der Waals surface area contributed by atoms with E-state index < -0.39 is 0 Å². The van der Waals surface area contributed by atoms with E-state index in [1.54, 1.807) is 6.21 Å². The Morgan fingerprint density at radius 2 is 2.35 bits per heavy atom. The highest BCUT2D eigenvalue weighted by Gasteiger charge is 2.14. The summed E-state index contributed by atoms with van der Waals surface area (Å²) in [6, 6.07) is 7.82. The Balaban J connectivity index is 1.75. The van der Waals surface area contributed by atoms with Gasteiger partial charge in [-0.2, -0.15) is 5.10 Å². The minimum absolute atomic E-state index is 0.183. The zero-order chi connectivity index (χ0) is 13.9. The number of carbonyl (C=O) groups is 1. The second-order valence-electron chi connectivity index (χ2n) is 5.01. The molecule has 104 valence electrons. The van der Waals surface area contributed by atoms with Crippen LogP contribution in [0.4, 0.5) is 0 Å². The van der Waals surface area contributed by atoms with Crippen LogP contribution in [0.3, 0.4) is 0 Å². The lowest BCUT2D eigenvalue weighted by molar-refractivity contribution is 0.0956. The third-order valence-corrected chi connectivity index (χ3v) is 3.56. The highest BCUT2D eigenvalue weighted by atomic mass is 16.5. The van der Waals surface area contributed by atoms with Gasteiger partial charge in [-0.1, -0.05) is 18.2 Å². The third kappa shape index (κ3) is 2.44. The monoisotopic (exact) mass is 271 g/mol. The van der Waals surface area contributed by atoms with Crippen LogP contribution in [0, 0.1) is 5.92 Å². The van der Waals surface area contributed by atoms with Crippen LogP contribution in [-0.2, 0) is 11.8 Å². The summed E-state index contributed by atoms with van der Waals surface area (Å²) in [7, 11) is 1.93. The van der Waals surface area contributed by atoms with Crippen LogP contribution in [0.5, 0.6) is 0 Å². The average Bonchev–Trinajstić information content (AvgIpc) is 3.08. The van der Waals surface area contributed by atoms with Gasteiger partial charge < -0.3 is 9.30 Å². The zero-order valence-corrected chi connectivity index (χ0v) is 11.4. The van der Waals surface area contributed by atoms with Crippen molar-refractivity contribution in [3.05, 3.63) is 36.0 Å². The number of nitrogens with one attached hydrogen (secondary N) is 1. The van der Waals surface area contributed by atoms with Crippen molar-refractivity contribution in [1.29, 1.82) is 0 Å². The van der Waals surface area contributed by atoms with Gasteiger partial charge in [-0.25, -0.2) is 5.43 Å². The molecule has 1 aromatic carbocycles. The first kappa shape index (κ1) is 12.9. The van der Waals surface area contributed by atoms with Gasteiger partial charge in [0, 0.05) is 42.9 Å². The lowest BCUT2D eigenvalue weighted by atomic mass is 10.1. The summed E-state index contributed by atoms with van der Waals surface area (Å²) in [5, 5.41) is 4.97. The fourth-order valence-corrected chi connectivity index (χ4v) is 2.45. The van der Waals surface area contributed by atoms with Crippen LogP contribution in [0.2, 0.25) is 0 Å². The Kier molecular flexibility index (Phi) is 3.52. The molecule has 1 unspecified atom stereocenters. The summed E-state index contributed by atoms with van der Waals surface area (Å²) in [5.74, 6) is 0.125. The molecule has 0 saturated carbocycles. The normalized spacial score (nSPS) is 18.9. The van der Waals surface area contributed by atoms with Gasteiger partial charge in [0.2, 0.25) is 0 Å². The van der Waals surface area contributed by atoms with E-state index in [9.17, 15) is 4.79 Å². The van der Waals surface area contributed by atoms with Gasteiger partial charge in [0.15, 0.2) is 0 Å². The number of nitrogens with zero attached hydrogens (tertiary/aromatic N) is 2. The molecule has 1 amide bonds. The first-order valence-corrected chi connectivity index (χ1v) is 6.71. The summed E-state index contributed by atoms with van der Waals surface area (Å²) in [4.78, 5) is 12.2. The number of ether oxygens (including phenoxy) is 1. The van der Waals surface area contributed by atoms with Gasteiger partial charge in [-0.3, -0.25) is 4.79 Å². The SMILES string of the molecule is Cn1cc(C(=O)N/N=C/C2CCOC2)c2ccccc21. The Morgan fingerprint density at radius 3 is 3.15 bits per heavy atom.